The molecule has 8 nitrogen and oxygen atoms in total. The predicted octanol–water partition coefficient (Wildman–Crippen LogP) is 1.39. The minimum Gasteiger partial charge on any atom is -0.467 e. The maximum atomic E-state index is 12.8. The van der Waals surface area contributed by atoms with Crippen LogP contribution < -0.4 is 11.2 Å². The normalized spacial score (nSPS) is 12.8. The summed E-state index contributed by atoms with van der Waals surface area (Å²) < 4.78 is 8.01. The van der Waals surface area contributed by atoms with Gasteiger partial charge >= 0.3 is 5.69 Å². The zero-order valence-electron chi connectivity index (χ0n) is 14.4. The Morgan fingerprint density at radius 1 is 1.32 bits per heavy atom. The zero-order valence-corrected chi connectivity index (χ0v) is 14.4. The highest BCUT2D eigenvalue weighted by Gasteiger charge is 2.17. The molecule has 0 unspecified atom stereocenters. The first-order valence-corrected chi connectivity index (χ1v) is 8.37. The van der Waals surface area contributed by atoms with Gasteiger partial charge in [-0.15, -0.1) is 0 Å². The van der Waals surface area contributed by atoms with Gasteiger partial charge in [0, 0.05) is 6.54 Å². The molecule has 134 valence electrons. The summed E-state index contributed by atoms with van der Waals surface area (Å²) in [5.74, 6) is 1.19. The van der Waals surface area contributed by atoms with Gasteiger partial charge in [-0.3, -0.25) is 13.9 Å². The third-order valence-electron chi connectivity index (χ3n) is 4.13. The van der Waals surface area contributed by atoms with Crippen LogP contribution in [0, 0.1) is 6.92 Å². The molecule has 0 saturated carbocycles. The van der Waals surface area contributed by atoms with Crippen LogP contribution in [0.5, 0.6) is 0 Å². The lowest BCUT2D eigenvalue weighted by Gasteiger charge is -2.10. The number of aliphatic hydroxyl groups is 1. The number of nitrogens with one attached hydrogen (secondary N) is 1. The van der Waals surface area contributed by atoms with Crippen molar-refractivity contribution in [2.75, 3.05) is 0 Å². The Bertz CT molecular complexity index is 963. The van der Waals surface area contributed by atoms with E-state index in [0.717, 1.165) is 6.42 Å². The molecular weight excluding hydrogens is 324 g/mol. The molecule has 3 heterocycles. The minimum absolute atomic E-state index is 0.209. The van der Waals surface area contributed by atoms with E-state index in [4.69, 9.17) is 4.42 Å². The molecule has 0 aliphatic heterocycles. The average molecular weight is 346 g/mol. The van der Waals surface area contributed by atoms with Gasteiger partial charge < -0.3 is 14.5 Å². The minimum atomic E-state index is -0.405. The third kappa shape index (κ3) is 3.58. The Hall–Kier alpha value is -2.61. The fraction of sp³-hybridized carbons (Fsp3) is 0.471. The molecule has 0 bridgehead atoms. The number of H-pyrrole nitrogens is 1. The first kappa shape index (κ1) is 17.2. The molecule has 0 fully saturated rings. The van der Waals surface area contributed by atoms with Gasteiger partial charge in [-0.2, -0.15) is 0 Å². The van der Waals surface area contributed by atoms with E-state index in [1.54, 1.807) is 32.2 Å². The quantitative estimate of drug-likeness (QED) is 0.629. The number of furan rings is 1. The molecule has 0 radical (unpaired) electrons. The molecule has 2 N–H and O–H groups in total. The van der Waals surface area contributed by atoms with Crippen molar-refractivity contribution in [2.24, 2.45) is 0 Å². The molecule has 0 saturated heterocycles. The summed E-state index contributed by atoms with van der Waals surface area (Å²) in [5, 5.41) is 9.33. The maximum absolute atomic E-state index is 12.8. The van der Waals surface area contributed by atoms with Crippen LogP contribution in [0.25, 0.3) is 11.2 Å². The number of rotatable bonds is 7. The first-order chi connectivity index (χ1) is 12.0. The highest BCUT2D eigenvalue weighted by atomic mass is 16.3. The number of hydrogen-bond acceptors (Lipinski definition) is 5. The van der Waals surface area contributed by atoms with Gasteiger partial charge in [0.25, 0.3) is 5.56 Å². The van der Waals surface area contributed by atoms with E-state index in [1.807, 2.05) is 0 Å². The monoisotopic (exact) mass is 346 g/mol. The second-order valence-electron chi connectivity index (χ2n) is 6.27. The second-order valence-corrected chi connectivity index (χ2v) is 6.27. The highest BCUT2D eigenvalue weighted by Crippen LogP contribution is 2.09. The van der Waals surface area contributed by atoms with E-state index in [9.17, 15) is 14.7 Å². The van der Waals surface area contributed by atoms with Gasteiger partial charge in [0.2, 0.25) is 0 Å². The highest BCUT2D eigenvalue weighted by molar-refractivity contribution is 5.69. The molecule has 0 spiro atoms. The molecule has 0 amide bonds. The number of aromatic nitrogens is 4. The fourth-order valence-electron chi connectivity index (χ4n) is 2.89. The molecule has 25 heavy (non-hydrogen) atoms. The summed E-state index contributed by atoms with van der Waals surface area (Å²) in [6, 6.07) is 3.52. The van der Waals surface area contributed by atoms with Crippen LogP contribution in [0.3, 0.4) is 0 Å². The van der Waals surface area contributed by atoms with Crippen molar-refractivity contribution in [2.45, 2.75) is 52.3 Å². The number of nitrogens with zero attached hydrogens (tertiary/aromatic N) is 3. The van der Waals surface area contributed by atoms with Crippen LogP contribution in [-0.2, 0) is 13.1 Å². The molecular formula is C17H22N4O4. The Morgan fingerprint density at radius 2 is 2.12 bits per heavy atom. The van der Waals surface area contributed by atoms with E-state index in [1.165, 1.54) is 9.13 Å². The number of aryl methyl sites for hydroxylation is 1. The van der Waals surface area contributed by atoms with E-state index < -0.39 is 5.69 Å². The topological polar surface area (TPSA) is 106 Å². The van der Waals surface area contributed by atoms with Crippen molar-refractivity contribution < 1.29 is 9.52 Å². The van der Waals surface area contributed by atoms with Crippen molar-refractivity contribution in [1.82, 2.24) is 19.1 Å². The largest absolute Gasteiger partial charge is 0.467 e. The molecule has 8 heteroatoms. The van der Waals surface area contributed by atoms with Crippen LogP contribution in [0.1, 0.15) is 37.8 Å². The fourth-order valence-corrected chi connectivity index (χ4v) is 2.89. The number of unbranched alkanes of at least 4 members (excludes halogenated alkanes) is 1. The van der Waals surface area contributed by atoms with E-state index in [-0.39, 0.29) is 18.2 Å². The molecule has 0 aromatic carbocycles. The van der Waals surface area contributed by atoms with Crippen molar-refractivity contribution in [1.29, 1.82) is 0 Å². The van der Waals surface area contributed by atoms with E-state index in [2.05, 4.69) is 9.97 Å². The molecule has 1 atom stereocenters. The SMILES string of the molecule is Cc1nc2c([nH]1)c(=O)n(CCCC[C@@H](C)O)c(=O)n2Cc1ccco1. The van der Waals surface area contributed by atoms with Gasteiger partial charge in [-0.25, -0.2) is 9.78 Å². The maximum Gasteiger partial charge on any atom is 0.333 e. The summed E-state index contributed by atoms with van der Waals surface area (Å²) in [4.78, 5) is 32.7. The first-order valence-electron chi connectivity index (χ1n) is 8.37. The van der Waals surface area contributed by atoms with Crippen LogP contribution >= 0.6 is 0 Å². The van der Waals surface area contributed by atoms with Crippen LogP contribution in [0.4, 0.5) is 0 Å². The Labute approximate surface area is 143 Å². The van der Waals surface area contributed by atoms with Gasteiger partial charge in [-0.05, 0) is 45.2 Å². The lowest BCUT2D eigenvalue weighted by Crippen LogP contribution is -2.40. The number of imidazole rings is 1. The summed E-state index contributed by atoms with van der Waals surface area (Å²) in [7, 11) is 0. The van der Waals surface area contributed by atoms with Gasteiger partial charge in [0.1, 0.15) is 17.1 Å². The van der Waals surface area contributed by atoms with Crippen LogP contribution in [0.2, 0.25) is 0 Å². The number of aliphatic hydroxyl groups excluding tert-OH is 1. The van der Waals surface area contributed by atoms with E-state index >= 15 is 0 Å². The number of hydrogen-bond donors (Lipinski definition) is 2. The molecule has 0 aliphatic carbocycles. The third-order valence-corrected chi connectivity index (χ3v) is 4.13. The number of aromatic amines is 1. The van der Waals surface area contributed by atoms with Crippen LogP contribution in [-0.4, -0.2) is 30.3 Å². The van der Waals surface area contributed by atoms with Crippen molar-refractivity contribution in [3.05, 3.63) is 50.8 Å². The van der Waals surface area contributed by atoms with E-state index in [0.29, 0.717) is 42.1 Å². The summed E-state index contributed by atoms with van der Waals surface area (Å²) >= 11 is 0. The molecule has 3 aromatic heterocycles. The summed E-state index contributed by atoms with van der Waals surface area (Å²) in [6.07, 6.45) is 3.17. The average Bonchev–Trinajstić information content (AvgIpc) is 3.19. The van der Waals surface area contributed by atoms with Gasteiger partial charge in [0.05, 0.1) is 18.9 Å². The van der Waals surface area contributed by atoms with Crippen molar-refractivity contribution in [3.63, 3.8) is 0 Å². The van der Waals surface area contributed by atoms with Gasteiger partial charge in [0.15, 0.2) is 5.65 Å². The van der Waals surface area contributed by atoms with Crippen molar-refractivity contribution in [3.8, 4) is 0 Å². The van der Waals surface area contributed by atoms with Gasteiger partial charge in [-0.1, -0.05) is 0 Å². The molecule has 0 aliphatic rings. The van der Waals surface area contributed by atoms with Crippen LogP contribution in [0.15, 0.2) is 32.4 Å². The van der Waals surface area contributed by atoms with Crippen molar-refractivity contribution >= 4 is 11.2 Å². The zero-order chi connectivity index (χ0) is 18.0. The Balaban J connectivity index is 2.01. The lowest BCUT2D eigenvalue weighted by molar-refractivity contribution is 0.180. The number of fused-ring (bicyclic) bond motifs is 1. The lowest BCUT2D eigenvalue weighted by atomic mass is 10.2. The molecule has 3 aromatic rings. The predicted molar refractivity (Wildman–Crippen MR) is 92.7 cm³/mol. The standard InChI is InChI=1S/C17H22N4O4/c1-11(22)6-3-4-8-20-16(23)14-15(19-12(2)18-14)21(17(20)24)10-13-7-5-9-25-13/h5,7,9,11,22H,3-4,6,8,10H2,1-2H3,(H,18,19)/t11-/m1/s1. The summed E-state index contributed by atoms with van der Waals surface area (Å²) in [6.45, 7) is 3.98. The smallest absolute Gasteiger partial charge is 0.333 e. The molecule has 3 rings (SSSR count). The summed E-state index contributed by atoms with van der Waals surface area (Å²) in [5.41, 5.74) is -0.117. The second kappa shape index (κ2) is 7.10. The Morgan fingerprint density at radius 3 is 2.80 bits per heavy atom. The Kier molecular flexibility index (Phi) is 4.89.